The molecule has 2 saturated heterocycles. The van der Waals surface area contributed by atoms with E-state index in [1.165, 1.54) is 0 Å². The number of ketones is 2. The molecule has 0 radical (unpaired) electrons. The summed E-state index contributed by atoms with van der Waals surface area (Å²) >= 11 is 2.01. The number of amides is 1. The maximum absolute atomic E-state index is 13.1. The fraction of sp³-hybridized carbons (Fsp3) is 0.688. The molecule has 5 aliphatic rings. The molecule has 4 fully saturated rings. The van der Waals surface area contributed by atoms with Crippen molar-refractivity contribution in [2.45, 2.75) is 45.1 Å². The zero-order valence-electron chi connectivity index (χ0n) is 12.2. The summed E-state index contributed by atoms with van der Waals surface area (Å²) in [6.45, 7) is 3.85. The van der Waals surface area contributed by atoms with Gasteiger partial charge in [0.15, 0.2) is 11.6 Å². The second kappa shape index (κ2) is 3.78. The number of piperidine rings is 2. The van der Waals surface area contributed by atoms with Crippen LogP contribution in [0, 0.1) is 22.7 Å². The Hall–Kier alpha value is -0.720. The summed E-state index contributed by atoms with van der Waals surface area (Å²) in [5.41, 5.74) is -2.09. The molecule has 2 aliphatic heterocycles. The van der Waals surface area contributed by atoms with Crippen LogP contribution in [0.25, 0.3) is 0 Å². The number of halogens is 1. The maximum Gasteiger partial charge on any atom is 0.228 e. The molecule has 2 spiro atoms. The first-order chi connectivity index (χ1) is 9.76. The second-order valence-electron chi connectivity index (χ2n) is 7.59. The van der Waals surface area contributed by atoms with Crippen LogP contribution in [-0.4, -0.2) is 23.0 Å². The van der Waals surface area contributed by atoms with Gasteiger partial charge in [0.25, 0.3) is 0 Å². The van der Waals surface area contributed by atoms with Crippen LogP contribution in [0.3, 0.4) is 0 Å². The van der Waals surface area contributed by atoms with Gasteiger partial charge in [-0.3, -0.25) is 14.4 Å². The highest BCUT2D eigenvalue weighted by Gasteiger charge is 2.73. The van der Waals surface area contributed by atoms with E-state index in [1.807, 2.05) is 36.4 Å². The minimum atomic E-state index is -0.943. The number of nitrogens with one attached hydrogen (secondary N) is 1. The molecule has 0 aromatic heterocycles. The Labute approximate surface area is 137 Å². The van der Waals surface area contributed by atoms with Crippen LogP contribution in [0.1, 0.15) is 39.5 Å². The zero-order chi connectivity index (χ0) is 15.2. The molecule has 1 N–H and O–H groups in total. The summed E-state index contributed by atoms with van der Waals surface area (Å²) in [6, 6.07) is 0. The maximum atomic E-state index is 13.1. The molecule has 2 heterocycles. The molecule has 2 saturated carbocycles. The average Bonchev–Trinajstić information content (AvgIpc) is 2.84. The number of fused-ring (bicyclic) bond motifs is 1. The SMILES string of the molecule is CC1(C)C(=O)C(I)=C[C@@]23NC(=O)C4(CCCC4C2=O)CC13. The van der Waals surface area contributed by atoms with Gasteiger partial charge in [-0.2, -0.15) is 0 Å². The third kappa shape index (κ3) is 1.35. The largest absolute Gasteiger partial charge is 0.339 e. The molecule has 2 bridgehead atoms. The van der Waals surface area contributed by atoms with E-state index in [1.54, 1.807) is 6.08 Å². The van der Waals surface area contributed by atoms with Crippen LogP contribution in [0.2, 0.25) is 0 Å². The monoisotopic (exact) mass is 399 g/mol. The molecule has 4 atom stereocenters. The van der Waals surface area contributed by atoms with E-state index < -0.39 is 16.4 Å². The Balaban J connectivity index is 1.98. The zero-order valence-corrected chi connectivity index (χ0v) is 14.3. The number of carbonyl (C=O) groups excluding carboxylic acids is 3. The highest BCUT2D eigenvalue weighted by atomic mass is 127. The number of allylic oxidation sites excluding steroid dienone is 1. The van der Waals surface area contributed by atoms with Crippen LogP contribution >= 0.6 is 22.6 Å². The van der Waals surface area contributed by atoms with Gasteiger partial charge < -0.3 is 5.32 Å². The summed E-state index contributed by atoms with van der Waals surface area (Å²) < 4.78 is 0.579. The molecule has 1 amide bonds. The van der Waals surface area contributed by atoms with Gasteiger partial charge in [-0.1, -0.05) is 20.3 Å². The summed E-state index contributed by atoms with van der Waals surface area (Å²) in [4.78, 5) is 38.4. The van der Waals surface area contributed by atoms with Crippen molar-refractivity contribution < 1.29 is 14.4 Å². The third-order valence-electron chi connectivity index (χ3n) is 6.43. The van der Waals surface area contributed by atoms with Gasteiger partial charge >= 0.3 is 0 Å². The molecule has 21 heavy (non-hydrogen) atoms. The number of hydrogen-bond donors (Lipinski definition) is 1. The van der Waals surface area contributed by atoms with E-state index in [2.05, 4.69) is 5.32 Å². The van der Waals surface area contributed by atoms with Gasteiger partial charge in [-0.05, 0) is 47.9 Å². The first-order valence-electron chi connectivity index (χ1n) is 7.56. The van der Waals surface area contributed by atoms with Gasteiger partial charge in [0.05, 0.1) is 8.99 Å². The van der Waals surface area contributed by atoms with Gasteiger partial charge in [-0.25, -0.2) is 0 Å². The van der Waals surface area contributed by atoms with Crippen LogP contribution in [-0.2, 0) is 14.4 Å². The Morgan fingerprint density at radius 1 is 1.29 bits per heavy atom. The molecule has 5 rings (SSSR count). The normalized spacial score (nSPS) is 46.8. The predicted octanol–water partition coefficient (Wildman–Crippen LogP) is 2.16. The molecular weight excluding hydrogens is 381 g/mol. The van der Waals surface area contributed by atoms with Crippen molar-refractivity contribution in [2.75, 3.05) is 0 Å². The second-order valence-corrected chi connectivity index (χ2v) is 8.75. The Morgan fingerprint density at radius 2 is 2.00 bits per heavy atom. The molecule has 112 valence electrons. The smallest absolute Gasteiger partial charge is 0.228 e. The van der Waals surface area contributed by atoms with E-state index in [0.29, 0.717) is 10.0 Å². The van der Waals surface area contributed by atoms with Crippen LogP contribution in [0.5, 0.6) is 0 Å². The van der Waals surface area contributed by atoms with Crippen LogP contribution in [0.4, 0.5) is 0 Å². The molecule has 4 nitrogen and oxygen atoms in total. The first-order valence-corrected chi connectivity index (χ1v) is 8.64. The highest BCUT2D eigenvalue weighted by Crippen LogP contribution is 2.64. The molecule has 3 aliphatic carbocycles. The number of Topliss-reactive ketones (excluding diaryl/α,β-unsaturated/α-hetero) is 2. The lowest BCUT2D eigenvalue weighted by atomic mass is 9.46. The summed E-state index contributed by atoms with van der Waals surface area (Å²) in [5.74, 6) is 0.0128. The van der Waals surface area contributed by atoms with Crippen molar-refractivity contribution in [3.63, 3.8) is 0 Å². The van der Waals surface area contributed by atoms with E-state index in [9.17, 15) is 14.4 Å². The molecule has 0 aromatic carbocycles. The minimum absolute atomic E-state index is 0.0337. The molecular formula is C16H18INO3. The number of hydrogen-bond acceptors (Lipinski definition) is 3. The lowest BCUT2D eigenvalue weighted by molar-refractivity contribution is -0.171. The lowest BCUT2D eigenvalue weighted by Gasteiger charge is -2.61. The van der Waals surface area contributed by atoms with Crippen molar-refractivity contribution in [2.24, 2.45) is 22.7 Å². The summed E-state index contributed by atoms with van der Waals surface area (Å²) in [7, 11) is 0. The quantitative estimate of drug-likeness (QED) is 0.636. The van der Waals surface area contributed by atoms with E-state index in [-0.39, 0.29) is 29.3 Å². The van der Waals surface area contributed by atoms with Crippen molar-refractivity contribution in [1.82, 2.24) is 5.32 Å². The van der Waals surface area contributed by atoms with Crippen molar-refractivity contribution in [3.05, 3.63) is 9.66 Å². The minimum Gasteiger partial charge on any atom is -0.339 e. The molecule has 3 unspecified atom stereocenters. The van der Waals surface area contributed by atoms with Crippen LogP contribution < -0.4 is 5.32 Å². The van der Waals surface area contributed by atoms with Gasteiger partial charge in [-0.15, -0.1) is 0 Å². The summed E-state index contributed by atoms with van der Waals surface area (Å²) in [6.07, 6.45) is 4.95. The number of carbonyl (C=O) groups is 3. The fourth-order valence-electron chi connectivity index (χ4n) is 5.27. The van der Waals surface area contributed by atoms with Crippen molar-refractivity contribution in [3.8, 4) is 0 Å². The van der Waals surface area contributed by atoms with E-state index in [4.69, 9.17) is 0 Å². The van der Waals surface area contributed by atoms with Crippen molar-refractivity contribution in [1.29, 1.82) is 0 Å². The van der Waals surface area contributed by atoms with E-state index >= 15 is 0 Å². The van der Waals surface area contributed by atoms with E-state index in [0.717, 1.165) is 19.3 Å². The Bertz CT molecular complexity index is 637. The van der Waals surface area contributed by atoms with Crippen molar-refractivity contribution >= 4 is 40.1 Å². The highest BCUT2D eigenvalue weighted by molar-refractivity contribution is 14.1. The standard InChI is InChI=1S/C16H18INO3/c1-14(2)10-7-15-5-3-4-8(15)11(19)16(10,18-13(15)21)6-9(17)12(14)20/h6,8,10H,3-5,7H2,1-2H3,(H,18,21)/t8?,10?,15?,16-/m0/s1. The van der Waals surface area contributed by atoms with Gasteiger partial charge in [0.2, 0.25) is 5.91 Å². The summed E-state index contributed by atoms with van der Waals surface area (Å²) in [5, 5.41) is 3.03. The third-order valence-corrected chi connectivity index (χ3v) is 7.23. The predicted molar refractivity (Wildman–Crippen MR) is 84.7 cm³/mol. The van der Waals surface area contributed by atoms with Crippen LogP contribution in [0.15, 0.2) is 9.66 Å². The molecule has 5 heteroatoms. The average molecular weight is 399 g/mol. The van der Waals surface area contributed by atoms with Gasteiger partial charge in [0.1, 0.15) is 5.54 Å². The Morgan fingerprint density at radius 3 is 2.71 bits per heavy atom. The molecule has 0 aromatic rings. The topological polar surface area (TPSA) is 63.2 Å². The number of rotatable bonds is 0. The lowest BCUT2D eigenvalue weighted by Crippen LogP contribution is -2.78. The first kappa shape index (κ1) is 13.9. The fourth-order valence-corrected chi connectivity index (χ4v) is 6.46. The Kier molecular flexibility index (Phi) is 2.50. The van der Waals surface area contributed by atoms with Gasteiger partial charge in [0, 0.05) is 17.3 Å².